The molecule has 3 heterocycles. The van der Waals surface area contributed by atoms with Crippen molar-refractivity contribution in [3.05, 3.63) is 119 Å². The van der Waals surface area contributed by atoms with Gasteiger partial charge in [-0.25, -0.2) is 4.79 Å². The first kappa shape index (κ1) is 28.9. The fraction of sp³-hybridized carbons (Fsp3) is 0.235. The number of H-pyrrole nitrogens is 1. The van der Waals surface area contributed by atoms with Gasteiger partial charge in [-0.15, -0.1) is 0 Å². The van der Waals surface area contributed by atoms with E-state index in [4.69, 9.17) is 9.15 Å². The van der Waals surface area contributed by atoms with Crippen LogP contribution >= 0.6 is 0 Å². The van der Waals surface area contributed by atoms with Crippen LogP contribution in [0.3, 0.4) is 0 Å². The van der Waals surface area contributed by atoms with Crippen LogP contribution in [0, 0.1) is 0 Å². The molecule has 0 spiro atoms. The fourth-order valence-electron chi connectivity index (χ4n) is 5.75. The lowest BCUT2D eigenvalue weighted by atomic mass is 9.96. The summed E-state index contributed by atoms with van der Waals surface area (Å²) in [7, 11) is 1.23. The van der Waals surface area contributed by atoms with Gasteiger partial charge in [-0.3, -0.25) is 19.8 Å². The number of amides is 2. The van der Waals surface area contributed by atoms with E-state index < -0.39 is 17.8 Å². The Balaban J connectivity index is 1.17. The van der Waals surface area contributed by atoms with Crippen LogP contribution in [0.5, 0.6) is 0 Å². The highest BCUT2D eigenvalue weighted by Crippen LogP contribution is 2.31. The molecule has 0 aliphatic carbocycles. The van der Waals surface area contributed by atoms with Crippen molar-refractivity contribution in [1.82, 2.24) is 19.8 Å². The van der Waals surface area contributed by atoms with Gasteiger partial charge in [-0.2, -0.15) is 4.98 Å². The van der Waals surface area contributed by atoms with Crippen LogP contribution in [-0.4, -0.2) is 70.8 Å². The standard InChI is InChI=1S/C34H33N5O5/c1-22(30-28(33(42)43-2)36-34(44-30)37-31(40)27-21-25-15-9-10-16-26(25)35-27)32(41)39-19-17-38(18-20-39)29(23-11-5-3-6-12-23)24-13-7-4-8-14-24/h3-16,21-22,29,35H,17-20H2,1-2H3,(H,36,37,40)/t22-/m0/s1. The van der Waals surface area contributed by atoms with Gasteiger partial charge in [-0.1, -0.05) is 78.9 Å². The highest BCUT2D eigenvalue weighted by atomic mass is 16.5. The molecule has 1 atom stereocenters. The summed E-state index contributed by atoms with van der Waals surface area (Å²) in [6, 6.07) is 29.8. The zero-order chi connectivity index (χ0) is 30.6. The molecule has 1 aliphatic rings. The largest absolute Gasteiger partial charge is 0.464 e. The molecular weight excluding hydrogens is 558 g/mol. The molecule has 44 heavy (non-hydrogen) atoms. The zero-order valence-electron chi connectivity index (χ0n) is 24.5. The maximum absolute atomic E-state index is 13.7. The molecular formula is C34H33N5O5. The molecule has 0 radical (unpaired) electrons. The van der Waals surface area contributed by atoms with Crippen LogP contribution in [0.1, 0.15) is 56.7 Å². The van der Waals surface area contributed by atoms with E-state index in [0.29, 0.717) is 31.9 Å². The van der Waals surface area contributed by atoms with E-state index in [2.05, 4.69) is 44.5 Å². The van der Waals surface area contributed by atoms with E-state index in [-0.39, 0.29) is 29.4 Å². The summed E-state index contributed by atoms with van der Waals surface area (Å²) >= 11 is 0. The third-order valence-electron chi connectivity index (χ3n) is 8.01. The molecule has 3 aromatic carbocycles. The van der Waals surface area contributed by atoms with Crippen molar-refractivity contribution in [2.75, 3.05) is 38.6 Å². The van der Waals surface area contributed by atoms with Crippen LogP contribution in [0.4, 0.5) is 6.01 Å². The van der Waals surface area contributed by atoms with E-state index in [0.717, 1.165) is 10.9 Å². The second-order valence-electron chi connectivity index (χ2n) is 10.8. The third-order valence-corrected chi connectivity index (χ3v) is 8.01. The molecule has 224 valence electrons. The van der Waals surface area contributed by atoms with Crippen molar-refractivity contribution in [2.24, 2.45) is 0 Å². The minimum atomic E-state index is -0.832. The Morgan fingerprint density at radius 3 is 2.11 bits per heavy atom. The van der Waals surface area contributed by atoms with E-state index in [1.165, 1.54) is 18.2 Å². The lowest BCUT2D eigenvalue weighted by Gasteiger charge is -2.40. The number of ether oxygens (including phenoxy) is 1. The molecule has 5 aromatic rings. The number of para-hydroxylation sites is 1. The first-order valence-electron chi connectivity index (χ1n) is 14.5. The Hall–Kier alpha value is -5.22. The number of nitrogens with zero attached hydrogens (tertiary/aromatic N) is 3. The minimum Gasteiger partial charge on any atom is -0.464 e. The summed E-state index contributed by atoms with van der Waals surface area (Å²) in [6.45, 7) is 4.01. The maximum Gasteiger partial charge on any atom is 0.360 e. The summed E-state index contributed by atoms with van der Waals surface area (Å²) in [5.74, 6) is -2.24. The number of carbonyl (C=O) groups is 3. The first-order valence-corrected chi connectivity index (χ1v) is 14.5. The average molecular weight is 592 g/mol. The Morgan fingerprint density at radius 1 is 0.886 bits per heavy atom. The van der Waals surface area contributed by atoms with Crippen LogP contribution in [0.15, 0.2) is 95.4 Å². The van der Waals surface area contributed by atoms with Gasteiger partial charge in [0.1, 0.15) is 5.69 Å². The Morgan fingerprint density at radius 2 is 1.50 bits per heavy atom. The molecule has 0 saturated carbocycles. The van der Waals surface area contributed by atoms with Crippen molar-refractivity contribution in [2.45, 2.75) is 18.9 Å². The van der Waals surface area contributed by atoms with Gasteiger partial charge in [0.05, 0.1) is 19.1 Å². The Bertz CT molecular complexity index is 1700. The Labute approximate surface area is 254 Å². The highest BCUT2D eigenvalue weighted by Gasteiger charge is 2.35. The van der Waals surface area contributed by atoms with Gasteiger partial charge in [0, 0.05) is 37.1 Å². The lowest BCUT2D eigenvalue weighted by molar-refractivity contribution is -0.134. The molecule has 2 N–H and O–H groups in total. The average Bonchev–Trinajstić information content (AvgIpc) is 3.70. The number of aromatic nitrogens is 2. The topological polar surface area (TPSA) is 121 Å². The van der Waals surface area contributed by atoms with E-state index in [1.54, 1.807) is 17.9 Å². The van der Waals surface area contributed by atoms with E-state index in [9.17, 15) is 14.4 Å². The van der Waals surface area contributed by atoms with Gasteiger partial charge in [-0.05, 0) is 30.2 Å². The number of nitrogens with one attached hydrogen (secondary N) is 2. The first-order chi connectivity index (χ1) is 21.4. The molecule has 2 aromatic heterocycles. The number of benzene rings is 3. The summed E-state index contributed by atoms with van der Waals surface area (Å²) in [6.07, 6.45) is 0. The van der Waals surface area contributed by atoms with Crippen LogP contribution < -0.4 is 5.32 Å². The third kappa shape index (κ3) is 5.84. The maximum atomic E-state index is 13.7. The summed E-state index contributed by atoms with van der Waals surface area (Å²) in [5, 5.41) is 3.47. The molecule has 0 unspecified atom stereocenters. The number of anilines is 1. The van der Waals surface area contributed by atoms with Crippen LogP contribution in [0.25, 0.3) is 10.9 Å². The predicted molar refractivity (Wildman–Crippen MR) is 165 cm³/mol. The second kappa shape index (κ2) is 12.6. The molecule has 0 bridgehead atoms. The van der Waals surface area contributed by atoms with Gasteiger partial charge in [0.25, 0.3) is 5.91 Å². The summed E-state index contributed by atoms with van der Waals surface area (Å²) < 4.78 is 10.7. The fourth-order valence-corrected chi connectivity index (χ4v) is 5.75. The number of hydrogen-bond acceptors (Lipinski definition) is 7. The van der Waals surface area contributed by atoms with Crippen LogP contribution in [-0.2, 0) is 9.53 Å². The number of hydrogen-bond donors (Lipinski definition) is 2. The molecule has 10 heteroatoms. The van der Waals surface area contributed by atoms with Crippen molar-refractivity contribution in [1.29, 1.82) is 0 Å². The van der Waals surface area contributed by atoms with Crippen molar-refractivity contribution >= 4 is 34.7 Å². The zero-order valence-corrected chi connectivity index (χ0v) is 24.5. The molecule has 1 aliphatic heterocycles. The predicted octanol–water partition coefficient (Wildman–Crippen LogP) is 5.23. The van der Waals surface area contributed by atoms with E-state index >= 15 is 0 Å². The molecule has 1 fully saturated rings. The number of fused-ring (bicyclic) bond motifs is 1. The number of aromatic amines is 1. The second-order valence-corrected chi connectivity index (χ2v) is 10.8. The van der Waals surface area contributed by atoms with Gasteiger partial charge in [0.15, 0.2) is 11.5 Å². The quantitative estimate of drug-likeness (QED) is 0.237. The number of oxazole rings is 1. The van der Waals surface area contributed by atoms with Gasteiger partial charge in [0.2, 0.25) is 5.91 Å². The van der Waals surface area contributed by atoms with Gasteiger partial charge >= 0.3 is 12.0 Å². The summed E-state index contributed by atoms with van der Waals surface area (Å²) in [5.41, 5.74) is 3.35. The molecule has 6 rings (SSSR count). The summed E-state index contributed by atoms with van der Waals surface area (Å²) in [4.78, 5) is 50.7. The molecule has 1 saturated heterocycles. The minimum absolute atomic E-state index is 0.0441. The highest BCUT2D eigenvalue weighted by molar-refractivity contribution is 6.05. The van der Waals surface area contributed by atoms with Crippen molar-refractivity contribution in [3.63, 3.8) is 0 Å². The number of carbonyl (C=O) groups excluding carboxylic acids is 3. The van der Waals surface area contributed by atoms with E-state index in [1.807, 2.05) is 60.7 Å². The molecule has 2 amide bonds. The molecule has 10 nitrogen and oxygen atoms in total. The lowest BCUT2D eigenvalue weighted by Crippen LogP contribution is -2.50. The normalized spacial score (nSPS) is 14.5. The SMILES string of the molecule is COC(=O)c1nc(NC(=O)c2cc3ccccc3[nH]2)oc1[C@H](C)C(=O)N1CCN(C(c2ccccc2)c2ccccc2)CC1. The number of esters is 1. The smallest absolute Gasteiger partial charge is 0.360 e. The van der Waals surface area contributed by atoms with Gasteiger partial charge < -0.3 is 19.0 Å². The van der Waals surface area contributed by atoms with Crippen molar-refractivity contribution in [3.8, 4) is 0 Å². The monoisotopic (exact) mass is 591 g/mol. The number of piperazine rings is 1. The number of rotatable bonds is 8. The van der Waals surface area contributed by atoms with Crippen molar-refractivity contribution < 1.29 is 23.5 Å². The van der Waals surface area contributed by atoms with Crippen LogP contribution in [0.2, 0.25) is 0 Å². The number of methoxy groups -OCH3 is 1. The Kier molecular flexibility index (Phi) is 8.25.